The SMILES string of the molecule is COc1cc(OC)c(OC)cc1C=C1SC(=Nc2ccccc2)NC1=O. The van der Waals surface area contributed by atoms with Crippen LogP contribution in [0.3, 0.4) is 0 Å². The largest absolute Gasteiger partial charge is 0.496 e. The Morgan fingerprint density at radius 2 is 1.62 bits per heavy atom. The lowest BCUT2D eigenvalue weighted by atomic mass is 10.1. The molecule has 0 bridgehead atoms. The molecule has 0 aromatic heterocycles. The highest BCUT2D eigenvalue weighted by Crippen LogP contribution is 2.37. The maximum absolute atomic E-state index is 12.3. The zero-order chi connectivity index (χ0) is 18.5. The van der Waals surface area contributed by atoms with Crippen molar-refractivity contribution in [3.63, 3.8) is 0 Å². The van der Waals surface area contributed by atoms with Gasteiger partial charge in [0, 0.05) is 11.6 Å². The molecule has 1 N–H and O–H groups in total. The second-order valence-corrected chi connectivity index (χ2v) is 6.30. The van der Waals surface area contributed by atoms with E-state index in [0.29, 0.717) is 32.9 Å². The number of methoxy groups -OCH3 is 3. The summed E-state index contributed by atoms with van der Waals surface area (Å²) in [6.07, 6.45) is 1.74. The minimum absolute atomic E-state index is 0.207. The van der Waals surface area contributed by atoms with Gasteiger partial charge < -0.3 is 19.5 Å². The molecule has 0 unspecified atom stereocenters. The van der Waals surface area contributed by atoms with E-state index >= 15 is 0 Å². The van der Waals surface area contributed by atoms with Gasteiger partial charge in [0.25, 0.3) is 5.91 Å². The first-order valence-electron chi connectivity index (χ1n) is 7.79. The van der Waals surface area contributed by atoms with Gasteiger partial charge in [-0.3, -0.25) is 4.79 Å². The summed E-state index contributed by atoms with van der Waals surface area (Å²) in [5.41, 5.74) is 1.49. The number of rotatable bonds is 5. The number of ether oxygens (including phenoxy) is 3. The minimum atomic E-state index is -0.207. The normalized spacial score (nSPS) is 16.7. The van der Waals surface area contributed by atoms with E-state index in [-0.39, 0.29) is 5.91 Å². The number of nitrogens with zero attached hydrogens (tertiary/aromatic N) is 1. The standard InChI is InChI=1S/C19H18N2O4S/c1-23-14-11-16(25-3)15(24-2)9-12(14)10-17-18(22)21-19(26-17)20-13-7-5-4-6-8-13/h4-11H,1-3H3,(H,20,21,22). The Morgan fingerprint density at radius 1 is 0.962 bits per heavy atom. The molecule has 1 fully saturated rings. The maximum atomic E-state index is 12.3. The fourth-order valence-corrected chi connectivity index (χ4v) is 3.24. The number of aliphatic imine (C=N–C) groups is 1. The summed E-state index contributed by atoms with van der Waals surface area (Å²) in [5, 5.41) is 3.30. The molecular formula is C19H18N2O4S. The molecule has 1 saturated heterocycles. The minimum Gasteiger partial charge on any atom is -0.496 e. The molecule has 6 nitrogen and oxygen atoms in total. The smallest absolute Gasteiger partial charge is 0.264 e. The van der Waals surface area contributed by atoms with E-state index in [0.717, 1.165) is 5.69 Å². The van der Waals surface area contributed by atoms with Gasteiger partial charge in [0.1, 0.15) is 5.75 Å². The number of amidine groups is 1. The first kappa shape index (κ1) is 17.9. The Kier molecular flexibility index (Phi) is 5.48. The summed E-state index contributed by atoms with van der Waals surface area (Å²) in [6, 6.07) is 12.9. The molecule has 1 aliphatic heterocycles. The summed E-state index contributed by atoms with van der Waals surface area (Å²) in [5.74, 6) is 1.49. The van der Waals surface area contributed by atoms with Crippen molar-refractivity contribution in [2.24, 2.45) is 4.99 Å². The Bertz CT molecular complexity index is 879. The van der Waals surface area contributed by atoms with E-state index in [2.05, 4.69) is 10.3 Å². The summed E-state index contributed by atoms with van der Waals surface area (Å²) >= 11 is 1.27. The average Bonchev–Trinajstić information content (AvgIpc) is 3.01. The molecule has 134 valence electrons. The van der Waals surface area contributed by atoms with Crippen LogP contribution in [0.1, 0.15) is 5.56 Å². The van der Waals surface area contributed by atoms with E-state index in [4.69, 9.17) is 14.2 Å². The fraction of sp³-hybridized carbons (Fsp3) is 0.158. The van der Waals surface area contributed by atoms with Crippen LogP contribution in [0, 0.1) is 0 Å². The van der Waals surface area contributed by atoms with Crippen molar-refractivity contribution >= 4 is 34.6 Å². The van der Waals surface area contributed by atoms with E-state index in [1.807, 2.05) is 30.3 Å². The van der Waals surface area contributed by atoms with Gasteiger partial charge in [0.2, 0.25) is 0 Å². The molecular weight excluding hydrogens is 352 g/mol. The lowest BCUT2D eigenvalue weighted by Crippen LogP contribution is -2.19. The quantitative estimate of drug-likeness (QED) is 0.815. The molecule has 7 heteroatoms. The monoisotopic (exact) mass is 370 g/mol. The third kappa shape index (κ3) is 3.83. The number of hydrogen-bond acceptors (Lipinski definition) is 6. The topological polar surface area (TPSA) is 69.2 Å². The highest BCUT2D eigenvalue weighted by molar-refractivity contribution is 8.18. The number of para-hydroxylation sites is 1. The molecule has 0 radical (unpaired) electrons. The molecule has 1 amide bonds. The highest BCUT2D eigenvalue weighted by Gasteiger charge is 2.24. The number of carbonyl (C=O) groups is 1. The van der Waals surface area contributed by atoms with E-state index in [9.17, 15) is 4.79 Å². The molecule has 0 aliphatic carbocycles. The Hall–Kier alpha value is -2.93. The van der Waals surface area contributed by atoms with E-state index < -0.39 is 0 Å². The van der Waals surface area contributed by atoms with Crippen LogP contribution in [0.25, 0.3) is 6.08 Å². The van der Waals surface area contributed by atoms with Gasteiger partial charge in [-0.05, 0) is 36.0 Å². The van der Waals surface area contributed by atoms with Crippen molar-refractivity contribution in [1.82, 2.24) is 5.32 Å². The van der Waals surface area contributed by atoms with Gasteiger partial charge in [-0.25, -0.2) is 4.99 Å². The van der Waals surface area contributed by atoms with E-state index in [1.54, 1.807) is 39.5 Å². The molecule has 26 heavy (non-hydrogen) atoms. The summed E-state index contributed by atoms with van der Waals surface area (Å²) in [4.78, 5) is 17.2. The lowest BCUT2D eigenvalue weighted by Gasteiger charge is -2.12. The van der Waals surface area contributed by atoms with Crippen LogP contribution >= 0.6 is 11.8 Å². The Labute approximate surface area is 155 Å². The van der Waals surface area contributed by atoms with Crippen LogP contribution in [0.2, 0.25) is 0 Å². The van der Waals surface area contributed by atoms with Gasteiger partial charge in [-0.2, -0.15) is 0 Å². The molecule has 0 atom stereocenters. The van der Waals surface area contributed by atoms with Gasteiger partial charge in [0.15, 0.2) is 16.7 Å². The summed E-state index contributed by atoms with van der Waals surface area (Å²) < 4.78 is 16.0. The van der Waals surface area contributed by atoms with Crippen LogP contribution < -0.4 is 19.5 Å². The maximum Gasteiger partial charge on any atom is 0.264 e. The molecule has 3 rings (SSSR count). The first-order chi connectivity index (χ1) is 12.6. The third-order valence-corrected chi connectivity index (χ3v) is 4.57. The van der Waals surface area contributed by atoms with Gasteiger partial charge in [-0.1, -0.05) is 18.2 Å². The van der Waals surface area contributed by atoms with Crippen molar-refractivity contribution in [2.45, 2.75) is 0 Å². The fourth-order valence-electron chi connectivity index (χ4n) is 2.41. The third-order valence-electron chi connectivity index (χ3n) is 3.66. The van der Waals surface area contributed by atoms with Crippen LogP contribution in [0.15, 0.2) is 52.4 Å². The molecule has 0 spiro atoms. The molecule has 2 aromatic carbocycles. The second-order valence-electron chi connectivity index (χ2n) is 5.27. The van der Waals surface area contributed by atoms with E-state index in [1.165, 1.54) is 11.8 Å². The van der Waals surface area contributed by atoms with Crippen LogP contribution in [-0.4, -0.2) is 32.4 Å². The second kappa shape index (κ2) is 7.97. The molecule has 1 aliphatic rings. The van der Waals surface area contributed by atoms with Crippen molar-refractivity contribution in [1.29, 1.82) is 0 Å². The van der Waals surface area contributed by atoms with Crippen LogP contribution in [-0.2, 0) is 4.79 Å². The van der Waals surface area contributed by atoms with Gasteiger partial charge in [0.05, 0.1) is 31.9 Å². The van der Waals surface area contributed by atoms with Crippen molar-refractivity contribution in [2.75, 3.05) is 21.3 Å². The number of thioether (sulfide) groups is 1. The van der Waals surface area contributed by atoms with Crippen molar-refractivity contribution < 1.29 is 19.0 Å². The van der Waals surface area contributed by atoms with Crippen molar-refractivity contribution in [3.8, 4) is 17.2 Å². The van der Waals surface area contributed by atoms with Crippen LogP contribution in [0.5, 0.6) is 17.2 Å². The van der Waals surface area contributed by atoms with Crippen LogP contribution in [0.4, 0.5) is 5.69 Å². The summed E-state index contributed by atoms with van der Waals surface area (Å²) in [6.45, 7) is 0. The predicted octanol–water partition coefficient (Wildman–Crippen LogP) is 3.60. The average molecular weight is 370 g/mol. The van der Waals surface area contributed by atoms with Gasteiger partial charge in [-0.15, -0.1) is 0 Å². The molecule has 0 saturated carbocycles. The van der Waals surface area contributed by atoms with Crippen molar-refractivity contribution in [3.05, 3.63) is 52.9 Å². The number of hydrogen-bond donors (Lipinski definition) is 1. The lowest BCUT2D eigenvalue weighted by molar-refractivity contribution is -0.115. The predicted molar refractivity (Wildman–Crippen MR) is 103 cm³/mol. The van der Waals surface area contributed by atoms with Gasteiger partial charge >= 0.3 is 0 Å². The number of nitrogens with one attached hydrogen (secondary N) is 1. The first-order valence-corrected chi connectivity index (χ1v) is 8.61. The zero-order valence-electron chi connectivity index (χ0n) is 14.6. The Morgan fingerprint density at radius 3 is 2.27 bits per heavy atom. The molecule has 1 heterocycles. The highest BCUT2D eigenvalue weighted by atomic mass is 32.2. The Balaban J connectivity index is 1.93. The molecule has 2 aromatic rings. The number of carbonyl (C=O) groups excluding carboxylic acids is 1. The summed E-state index contributed by atoms with van der Waals surface area (Å²) in [7, 11) is 4.68. The number of amides is 1. The zero-order valence-corrected chi connectivity index (χ0v) is 15.4. The number of benzene rings is 2.